The van der Waals surface area contributed by atoms with Crippen LogP contribution in [0.3, 0.4) is 0 Å². The molecular formula is C28H28ClFN4O2. The number of aromatic nitrogens is 2. The van der Waals surface area contributed by atoms with Crippen LogP contribution in [0.15, 0.2) is 61.4 Å². The highest BCUT2D eigenvalue weighted by molar-refractivity contribution is 6.35. The summed E-state index contributed by atoms with van der Waals surface area (Å²) in [5.41, 5.74) is 0.819. The molecule has 5 rings (SSSR count). The Balaban J connectivity index is 0.00000148. The van der Waals surface area contributed by atoms with Crippen molar-refractivity contribution in [1.82, 2.24) is 14.9 Å². The Morgan fingerprint density at radius 1 is 1.17 bits per heavy atom. The van der Waals surface area contributed by atoms with Gasteiger partial charge in [-0.15, -0.1) is 0 Å². The number of phenols is 1. The summed E-state index contributed by atoms with van der Waals surface area (Å²) in [6.45, 7) is 11.1. The van der Waals surface area contributed by atoms with Gasteiger partial charge >= 0.3 is 0 Å². The Labute approximate surface area is 214 Å². The number of hydrogen-bond donors (Lipinski definition) is 1. The third kappa shape index (κ3) is 4.46. The lowest BCUT2D eigenvalue weighted by molar-refractivity contribution is -0.126. The van der Waals surface area contributed by atoms with Gasteiger partial charge < -0.3 is 14.9 Å². The third-order valence-electron chi connectivity index (χ3n) is 6.30. The van der Waals surface area contributed by atoms with Crippen molar-refractivity contribution in [3.05, 3.63) is 72.3 Å². The number of phenolic OH excluding ortho intramolecular Hbond substituents is 1. The molecule has 3 aromatic carbocycles. The highest BCUT2D eigenvalue weighted by atomic mass is 35.5. The molecule has 1 unspecified atom stereocenters. The predicted octanol–water partition coefficient (Wildman–Crippen LogP) is 6.20. The highest BCUT2D eigenvalue weighted by Gasteiger charge is 2.29. The SMILES string of the molecule is C=CC(=O)N1CCN(c2ncnc3c(F)c(-c4cc(O)cc5ccccc45)c(Cl)cc23)C(C)C1.CC. The molecule has 4 aromatic rings. The van der Waals surface area contributed by atoms with E-state index in [1.807, 2.05) is 49.9 Å². The van der Waals surface area contributed by atoms with E-state index in [-0.39, 0.29) is 33.8 Å². The largest absolute Gasteiger partial charge is 0.508 e. The molecule has 0 saturated carbocycles. The van der Waals surface area contributed by atoms with Gasteiger partial charge in [0.25, 0.3) is 0 Å². The van der Waals surface area contributed by atoms with Crippen molar-refractivity contribution in [2.45, 2.75) is 26.8 Å². The molecule has 1 aliphatic rings. The summed E-state index contributed by atoms with van der Waals surface area (Å²) in [6, 6.07) is 12.2. The average Bonchev–Trinajstić information content (AvgIpc) is 2.89. The number of aromatic hydroxyl groups is 1. The molecule has 0 radical (unpaired) electrons. The quantitative estimate of drug-likeness (QED) is 0.335. The number of hydrogen-bond acceptors (Lipinski definition) is 5. The average molecular weight is 507 g/mol. The van der Waals surface area contributed by atoms with Crippen LogP contribution in [0.2, 0.25) is 5.02 Å². The van der Waals surface area contributed by atoms with Crippen LogP contribution in [0.1, 0.15) is 20.8 Å². The maximum atomic E-state index is 16.0. The lowest BCUT2D eigenvalue weighted by Gasteiger charge is -2.40. The second-order valence-corrected chi connectivity index (χ2v) is 8.79. The molecule has 2 heterocycles. The number of rotatable bonds is 3. The van der Waals surface area contributed by atoms with Crippen LogP contribution in [0.25, 0.3) is 32.8 Å². The summed E-state index contributed by atoms with van der Waals surface area (Å²) in [4.78, 5) is 24.5. The van der Waals surface area contributed by atoms with Gasteiger partial charge in [-0.05, 0) is 47.5 Å². The van der Waals surface area contributed by atoms with E-state index in [1.165, 1.54) is 18.5 Å². The van der Waals surface area contributed by atoms with E-state index in [0.717, 1.165) is 10.8 Å². The number of carbonyl (C=O) groups excluding carboxylic acids is 1. The van der Waals surface area contributed by atoms with Crippen molar-refractivity contribution < 1.29 is 14.3 Å². The molecule has 1 aliphatic heterocycles. The molecule has 0 aliphatic carbocycles. The van der Waals surface area contributed by atoms with E-state index in [2.05, 4.69) is 16.5 Å². The van der Waals surface area contributed by atoms with Crippen molar-refractivity contribution in [2.24, 2.45) is 0 Å². The van der Waals surface area contributed by atoms with Gasteiger partial charge in [-0.25, -0.2) is 14.4 Å². The minimum Gasteiger partial charge on any atom is -0.508 e. The smallest absolute Gasteiger partial charge is 0.246 e. The Kier molecular flexibility index (Phi) is 7.40. The fourth-order valence-corrected chi connectivity index (χ4v) is 4.99. The molecule has 0 spiro atoms. The number of fused-ring (bicyclic) bond motifs is 2. The van der Waals surface area contributed by atoms with Gasteiger partial charge in [0.1, 0.15) is 23.4 Å². The topological polar surface area (TPSA) is 69.6 Å². The number of piperazine rings is 1. The standard InChI is InChI=1S/C26H22ClFN4O2.C2H6/c1-3-22(34)31-8-9-32(15(2)13-31)26-20-12-21(27)23(24(28)25(20)29-14-30-26)19-11-17(33)10-16-6-4-5-7-18(16)19;1-2/h3-7,10-12,14-15,33H,1,8-9,13H2,2H3;1-2H3. The first-order chi connectivity index (χ1) is 17.4. The van der Waals surface area contributed by atoms with Gasteiger partial charge in [0.05, 0.1) is 5.02 Å². The lowest BCUT2D eigenvalue weighted by Crippen LogP contribution is -2.53. The van der Waals surface area contributed by atoms with E-state index in [0.29, 0.717) is 36.4 Å². The van der Waals surface area contributed by atoms with Crippen molar-refractivity contribution >= 4 is 45.0 Å². The summed E-state index contributed by atoms with van der Waals surface area (Å²) in [5, 5.41) is 12.5. The molecule has 8 heteroatoms. The first kappa shape index (κ1) is 25.4. The van der Waals surface area contributed by atoms with Crippen LogP contribution >= 0.6 is 11.6 Å². The molecule has 36 heavy (non-hydrogen) atoms. The predicted molar refractivity (Wildman–Crippen MR) is 144 cm³/mol. The van der Waals surface area contributed by atoms with Crippen LogP contribution in [-0.2, 0) is 4.79 Å². The maximum Gasteiger partial charge on any atom is 0.246 e. The van der Waals surface area contributed by atoms with E-state index >= 15 is 4.39 Å². The van der Waals surface area contributed by atoms with Crippen molar-refractivity contribution in [1.29, 1.82) is 0 Å². The zero-order chi connectivity index (χ0) is 26.0. The lowest BCUT2D eigenvalue weighted by atomic mass is 9.96. The normalized spacial score (nSPS) is 15.5. The Hall–Kier alpha value is -3.71. The molecule has 1 fully saturated rings. The number of amides is 1. The molecule has 1 aromatic heterocycles. The highest BCUT2D eigenvalue weighted by Crippen LogP contribution is 2.42. The fourth-order valence-electron chi connectivity index (χ4n) is 4.70. The van der Waals surface area contributed by atoms with Crippen LogP contribution in [0, 0.1) is 5.82 Å². The number of carbonyl (C=O) groups is 1. The van der Waals surface area contributed by atoms with Gasteiger partial charge in [-0.2, -0.15) is 0 Å². The zero-order valence-corrected chi connectivity index (χ0v) is 21.3. The monoisotopic (exact) mass is 506 g/mol. The summed E-state index contributed by atoms with van der Waals surface area (Å²) >= 11 is 6.67. The summed E-state index contributed by atoms with van der Waals surface area (Å²) in [6.07, 6.45) is 2.65. The first-order valence-electron chi connectivity index (χ1n) is 11.9. The minimum absolute atomic E-state index is 0.0217. The Bertz CT molecular complexity index is 1460. The van der Waals surface area contributed by atoms with Crippen LogP contribution < -0.4 is 4.90 Å². The fraction of sp³-hybridized carbons (Fsp3) is 0.250. The number of anilines is 1. The van der Waals surface area contributed by atoms with Crippen molar-refractivity contribution in [3.63, 3.8) is 0 Å². The van der Waals surface area contributed by atoms with Crippen LogP contribution in [0.4, 0.5) is 10.2 Å². The van der Waals surface area contributed by atoms with Gasteiger partial charge in [0.2, 0.25) is 5.91 Å². The molecule has 186 valence electrons. The van der Waals surface area contributed by atoms with E-state index < -0.39 is 5.82 Å². The van der Waals surface area contributed by atoms with Crippen LogP contribution in [0.5, 0.6) is 5.75 Å². The molecule has 1 amide bonds. The summed E-state index contributed by atoms with van der Waals surface area (Å²) < 4.78 is 16.0. The number of benzene rings is 3. The second-order valence-electron chi connectivity index (χ2n) is 8.39. The molecular weight excluding hydrogens is 479 g/mol. The van der Waals surface area contributed by atoms with E-state index in [1.54, 1.807) is 17.0 Å². The van der Waals surface area contributed by atoms with Crippen molar-refractivity contribution in [3.8, 4) is 16.9 Å². The summed E-state index contributed by atoms with van der Waals surface area (Å²) in [5.74, 6) is -0.101. The third-order valence-corrected chi connectivity index (χ3v) is 6.60. The zero-order valence-electron chi connectivity index (χ0n) is 20.5. The molecule has 1 saturated heterocycles. The van der Waals surface area contributed by atoms with Gasteiger partial charge in [0, 0.05) is 36.6 Å². The van der Waals surface area contributed by atoms with Crippen LogP contribution in [-0.4, -0.2) is 51.6 Å². The van der Waals surface area contributed by atoms with Gasteiger partial charge in [-0.1, -0.05) is 56.3 Å². The Morgan fingerprint density at radius 3 is 2.64 bits per heavy atom. The first-order valence-corrected chi connectivity index (χ1v) is 12.3. The van der Waals surface area contributed by atoms with Crippen molar-refractivity contribution in [2.75, 3.05) is 24.5 Å². The molecule has 1 N–H and O–H groups in total. The Morgan fingerprint density at radius 2 is 1.92 bits per heavy atom. The molecule has 1 atom stereocenters. The summed E-state index contributed by atoms with van der Waals surface area (Å²) in [7, 11) is 0. The molecule has 0 bridgehead atoms. The minimum atomic E-state index is -0.574. The molecule has 6 nitrogen and oxygen atoms in total. The number of nitrogens with zero attached hydrogens (tertiary/aromatic N) is 4. The van der Waals surface area contributed by atoms with Gasteiger partial charge in [-0.3, -0.25) is 4.79 Å². The second kappa shape index (κ2) is 10.5. The maximum absolute atomic E-state index is 16.0. The van der Waals surface area contributed by atoms with Gasteiger partial charge in [0.15, 0.2) is 5.82 Å². The number of halogens is 2. The van der Waals surface area contributed by atoms with E-state index in [4.69, 9.17) is 11.6 Å². The van der Waals surface area contributed by atoms with E-state index in [9.17, 15) is 9.90 Å².